The molecule has 1 N–H and O–H groups in total. The van der Waals surface area contributed by atoms with E-state index in [2.05, 4.69) is 26.1 Å². The maximum Gasteiger partial charge on any atom is 0.257 e. The Morgan fingerprint density at radius 2 is 1.69 bits per heavy atom. The molecule has 5 aromatic rings. The zero-order valence-electron chi connectivity index (χ0n) is 26.2. The van der Waals surface area contributed by atoms with Gasteiger partial charge in [0.1, 0.15) is 11.5 Å². The first-order valence-corrected chi connectivity index (χ1v) is 16.4. The van der Waals surface area contributed by atoms with Crippen LogP contribution < -0.4 is 9.47 Å². The molecule has 1 amide bonds. The van der Waals surface area contributed by atoms with Gasteiger partial charge < -0.3 is 28.7 Å². The summed E-state index contributed by atoms with van der Waals surface area (Å²) in [5.74, 6) is 2.29. The fourth-order valence-corrected chi connectivity index (χ4v) is 6.55. The van der Waals surface area contributed by atoms with Crippen molar-refractivity contribution in [3.63, 3.8) is 0 Å². The molecule has 4 aromatic carbocycles. The highest BCUT2D eigenvalue weighted by molar-refractivity contribution is 9.10. The fourth-order valence-electron chi connectivity index (χ4n) is 6.13. The van der Waals surface area contributed by atoms with Gasteiger partial charge >= 0.3 is 0 Å². The molecule has 1 aromatic heterocycles. The molecule has 2 aliphatic rings. The van der Waals surface area contributed by atoms with Crippen molar-refractivity contribution < 1.29 is 28.6 Å². The SMILES string of the molecule is COc1ccc(-c2nc(CN3Cc4ccccc4[C@H]4OC(c5ccc(OCCCO)cc5)=N[C@@]4(Cc4ccccc4Br)C3=O)no2)cc1. The number of carbonyl (C=O) groups is 1. The van der Waals surface area contributed by atoms with Crippen molar-refractivity contribution in [2.75, 3.05) is 20.3 Å². The molecule has 3 heterocycles. The first-order chi connectivity index (χ1) is 23.5. The molecular formula is C37H33BrN4O6. The van der Waals surface area contributed by atoms with Crippen LogP contribution >= 0.6 is 15.9 Å². The third-order valence-corrected chi connectivity index (χ3v) is 9.32. The minimum atomic E-state index is -1.33. The molecular weight excluding hydrogens is 676 g/mol. The molecule has 11 heteroatoms. The van der Waals surface area contributed by atoms with Gasteiger partial charge in [0.15, 0.2) is 17.5 Å². The number of nitrogens with zero attached hydrogens (tertiary/aromatic N) is 4. The first-order valence-electron chi connectivity index (χ1n) is 15.7. The average Bonchev–Trinajstić information content (AvgIpc) is 3.73. The topological polar surface area (TPSA) is 120 Å². The minimum Gasteiger partial charge on any atom is -0.497 e. The van der Waals surface area contributed by atoms with Gasteiger partial charge in [0.2, 0.25) is 5.90 Å². The van der Waals surface area contributed by atoms with Crippen molar-refractivity contribution >= 4 is 27.7 Å². The normalized spacial score (nSPS) is 18.4. The number of amides is 1. The fraction of sp³-hybridized carbons (Fsp3) is 0.243. The van der Waals surface area contributed by atoms with Crippen molar-refractivity contribution in [1.82, 2.24) is 15.0 Å². The van der Waals surface area contributed by atoms with E-state index in [1.54, 1.807) is 12.0 Å². The Hall–Kier alpha value is -5.00. The summed E-state index contributed by atoms with van der Waals surface area (Å²) in [6, 6.07) is 30.6. The van der Waals surface area contributed by atoms with Crippen LogP contribution in [-0.2, 0) is 29.0 Å². The summed E-state index contributed by atoms with van der Waals surface area (Å²) < 4.78 is 24.2. The smallest absolute Gasteiger partial charge is 0.257 e. The second-order valence-electron chi connectivity index (χ2n) is 11.7. The van der Waals surface area contributed by atoms with Crippen LogP contribution in [0.4, 0.5) is 0 Å². The Labute approximate surface area is 286 Å². The number of aliphatic imine (C=N–C) groups is 1. The number of carbonyl (C=O) groups excluding carboxylic acids is 1. The number of halogens is 1. The van der Waals surface area contributed by atoms with Gasteiger partial charge in [-0.05, 0) is 65.7 Å². The quantitative estimate of drug-likeness (QED) is 0.159. The summed E-state index contributed by atoms with van der Waals surface area (Å²) in [6.45, 7) is 0.909. The first kappa shape index (κ1) is 31.6. The van der Waals surface area contributed by atoms with E-state index in [1.165, 1.54) is 0 Å². The number of aromatic nitrogens is 2. The summed E-state index contributed by atoms with van der Waals surface area (Å²) in [5, 5.41) is 13.3. The lowest BCUT2D eigenvalue weighted by Gasteiger charge is -2.32. The van der Waals surface area contributed by atoms with Crippen LogP contribution in [0, 0.1) is 0 Å². The summed E-state index contributed by atoms with van der Waals surface area (Å²) in [6.07, 6.45) is 0.147. The van der Waals surface area contributed by atoms with Crippen LogP contribution in [0.1, 0.15) is 40.6 Å². The molecule has 0 fully saturated rings. The molecule has 10 nitrogen and oxygen atoms in total. The highest BCUT2D eigenvalue weighted by atomic mass is 79.9. The summed E-state index contributed by atoms with van der Waals surface area (Å²) >= 11 is 3.70. The standard InChI is InChI=1S/C37H33BrN4O6/c1-45-28-15-11-24(12-16-28)34-39-32(41-48-34)23-42-22-27-8-2-4-9-30(27)33-37(36(42)44,21-26-7-3-5-10-31(26)38)40-35(47-33)25-13-17-29(18-14-25)46-20-6-19-43/h2-5,7-18,33,43H,6,19-23H2,1H3/t33-,37-/m1/s1. The van der Waals surface area contributed by atoms with E-state index in [1.807, 2.05) is 97.1 Å². The molecule has 0 saturated carbocycles. The Morgan fingerprint density at radius 3 is 2.46 bits per heavy atom. The number of ether oxygens (including phenoxy) is 3. The van der Waals surface area contributed by atoms with Crippen LogP contribution in [-0.4, -0.2) is 57.8 Å². The summed E-state index contributed by atoms with van der Waals surface area (Å²) in [5.41, 5.74) is 2.92. The number of fused-ring (bicyclic) bond motifs is 3. The van der Waals surface area contributed by atoms with Crippen LogP contribution in [0.2, 0.25) is 0 Å². The molecule has 2 aliphatic heterocycles. The Morgan fingerprint density at radius 1 is 0.958 bits per heavy atom. The van der Waals surface area contributed by atoms with Gasteiger partial charge in [-0.3, -0.25) is 4.79 Å². The summed E-state index contributed by atoms with van der Waals surface area (Å²) in [7, 11) is 1.61. The molecule has 0 aliphatic carbocycles. The molecule has 7 rings (SSSR count). The maximum atomic E-state index is 15.0. The van der Waals surface area contributed by atoms with Crippen LogP contribution in [0.25, 0.3) is 11.5 Å². The van der Waals surface area contributed by atoms with Crippen molar-refractivity contribution in [2.24, 2.45) is 4.99 Å². The van der Waals surface area contributed by atoms with Crippen LogP contribution in [0.3, 0.4) is 0 Å². The number of methoxy groups -OCH3 is 1. The van der Waals surface area contributed by atoms with E-state index in [-0.39, 0.29) is 25.5 Å². The third kappa shape index (κ3) is 6.18. The lowest BCUT2D eigenvalue weighted by Crippen LogP contribution is -2.49. The second-order valence-corrected chi connectivity index (χ2v) is 12.5. The largest absolute Gasteiger partial charge is 0.497 e. The number of hydrogen-bond acceptors (Lipinski definition) is 9. The van der Waals surface area contributed by atoms with Crippen LogP contribution in [0.15, 0.2) is 111 Å². The Bertz CT molecular complexity index is 1940. The molecule has 0 spiro atoms. The number of aliphatic hydroxyl groups excluding tert-OH is 1. The maximum absolute atomic E-state index is 15.0. The van der Waals surface area contributed by atoms with Crippen LogP contribution in [0.5, 0.6) is 11.5 Å². The van der Waals surface area contributed by atoms with Gasteiger partial charge in [0, 0.05) is 47.2 Å². The molecule has 0 radical (unpaired) electrons. The predicted octanol–water partition coefficient (Wildman–Crippen LogP) is 6.31. The lowest BCUT2D eigenvalue weighted by atomic mass is 9.81. The van der Waals surface area contributed by atoms with Gasteiger partial charge in [-0.2, -0.15) is 4.98 Å². The van der Waals surface area contributed by atoms with Gasteiger partial charge in [-0.1, -0.05) is 63.6 Å². The van der Waals surface area contributed by atoms with E-state index < -0.39 is 11.6 Å². The molecule has 244 valence electrons. The van der Waals surface area contributed by atoms with Crippen molar-refractivity contribution in [3.8, 4) is 23.0 Å². The average molecular weight is 710 g/mol. The third-order valence-electron chi connectivity index (χ3n) is 8.55. The number of rotatable bonds is 11. The van der Waals surface area contributed by atoms with Crippen molar-refractivity contribution in [2.45, 2.75) is 37.6 Å². The van der Waals surface area contributed by atoms with Crippen molar-refractivity contribution in [3.05, 3.63) is 130 Å². The second kappa shape index (κ2) is 13.6. The number of aliphatic hydroxyl groups is 1. The van der Waals surface area contributed by atoms with Gasteiger partial charge in [-0.15, -0.1) is 0 Å². The van der Waals surface area contributed by atoms with Gasteiger partial charge in [0.25, 0.3) is 11.8 Å². The Kier molecular flexibility index (Phi) is 8.96. The molecule has 0 bridgehead atoms. The molecule has 48 heavy (non-hydrogen) atoms. The van der Waals surface area contributed by atoms with E-state index in [0.717, 1.165) is 38.0 Å². The van der Waals surface area contributed by atoms with Gasteiger partial charge in [0.05, 0.1) is 20.3 Å². The van der Waals surface area contributed by atoms with Gasteiger partial charge in [-0.25, -0.2) is 4.99 Å². The minimum absolute atomic E-state index is 0.0623. The number of hydrogen-bond donors (Lipinski definition) is 1. The van der Waals surface area contributed by atoms with E-state index >= 15 is 4.79 Å². The Balaban J connectivity index is 1.28. The highest BCUT2D eigenvalue weighted by Gasteiger charge is 2.57. The van der Waals surface area contributed by atoms with E-state index in [0.29, 0.717) is 42.9 Å². The monoisotopic (exact) mass is 708 g/mol. The highest BCUT2D eigenvalue weighted by Crippen LogP contribution is 2.47. The molecule has 0 unspecified atom stereocenters. The molecule has 0 saturated heterocycles. The van der Waals surface area contributed by atoms with Crippen molar-refractivity contribution in [1.29, 1.82) is 0 Å². The summed E-state index contributed by atoms with van der Waals surface area (Å²) in [4.78, 5) is 26.6. The number of benzene rings is 4. The zero-order chi connectivity index (χ0) is 33.1. The van der Waals surface area contributed by atoms with E-state index in [4.69, 9.17) is 28.8 Å². The lowest BCUT2D eigenvalue weighted by molar-refractivity contribution is -0.140. The predicted molar refractivity (Wildman–Crippen MR) is 182 cm³/mol. The zero-order valence-corrected chi connectivity index (χ0v) is 27.8. The molecule has 2 atom stereocenters. The van der Waals surface area contributed by atoms with E-state index in [9.17, 15) is 0 Å².